The summed E-state index contributed by atoms with van der Waals surface area (Å²) in [6.45, 7) is 2.06. The number of halogens is 1. The molecule has 1 heterocycles. The molecule has 0 unspecified atom stereocenters. The van der Waals surface area contributed by atoms with Crippen molar-refractivity contribution in [3.05, 3.63) is 59.9 Å². The van der Waals surface area contributed by atoms with Gasteiger partial charge in [0.15, 0.2) is 0 Å². The maximum absolute atomic E-state index is 13.9. The second-order valence-electron chi connectivity index (χ2n) is 7.15. The number of benzene rings is 2. The molecule has 2 aromatic carbocycles. The number of sulfonamides is 1. The van der Waals surface area contributed by atoms with Crippen LogP contribution < -0.4 is 9.62 Å². The van der Waals surface area contributed by atoms with Crippen molar-refractivity contribution in [3.8, 4) is 0 Å². The van der Waals surface area contributed by atoms with Crippen LogP contribution in [0.15, 0.2) is 53.4 Å². The van der Waals surface area contributed by atoms with Crippen LogP contribution in [0.25, 0.3) is 0 Å². The molecule has 6 nitrogen and oxygen atoms in total. The lowest BCUT2D eigenvalue weighted by Crippen LogP contribution is -2.49. The zero-order valence-corrected chi connectivity index (χ0v) is 16.2. The Morgan fingerprint density at radius 2 is 1.61 bits per heavy atom. The molecule has 2 aromatic rings. The number of nitrogens with one attached hydrogen (secondary N) is 1. The average Bonchev–Trinajstić information content (AvgIpc) is 3.51. The summed E-state index contributed by atoms with van der Waals surface area (Å²) in [5.41, 5.74) is 0.997. The molecular weight excluding hydrogens is 381 g/mol. The molecule has 0 bridgehead atoms. The maximum atomic E-state index is 13.9. The van der Waals surface area contributed by atoms with Crippen LogP contribution in [0.2, 0.25) is 0 Å². The number of nitrogens with zero attached hydrogens (tertiary/aromatic N) is 2. The van der Waals surface area contributed by atoms with Gasteiger partial charge in [-0.15, -0.1) is 0 Å². The lowest BCUT2D eigenvalue weighted by molar-refractivity contribution is 0.0746. The number of hydrogen-bond acceptors (Lipinski definition) is 4. The SMILES string of the molecule is O=C(c1ccc(S(=O)(=O)NC2CC2)cc1)N1CCN(c2ccccc2F)CC1. The summed E-state index contributed by atoms with van der Waals surface area (Å²) in [5.74, 6) is -0.411. The third-order valence-electron chi connectivity index (χ3n) is 5.07. The van der Waals surface area contributed by atoms with Crippen molar-refractivity contribution < 1.29 is 17.6 Å². The molecule has 2 aliphatic rings. The minimum Gasteiger partial charge on any atom is -0.366 e. The Morgan fingerprint density at radius 3 is 2.21 bits per heavy atom. The van der Waals surface area contributed by atoms with E-state index in [1.165, 1.54) is 18.2 Å². The van der Waals surface area contributed by atoms with Gasteiger partial charge in [0.1, 0.15) is 5.82 Å². The van der Waals surface area contributed by atoms with E-state index in [0.29, 0.717) is 37.4 Å². The molecule has 0 spiro atoms. The van der Waals surface area contributed by atoms with Crippen LogP contribution in [0.3, 0.4) is 0 Å². The number of amides is 1. The molecule has 1 saturated carbocycles. The Hall–Kier alpha value is -2.45. The number of carbonyl (C=O) groups excluding carboxylic acids is 1. The predicted molar refractivity (Wildman–Crippen MR) is 104 cm³/mol. The Kier molecular flexibility index (Phi) is 5.07. The van der Waals surface area contributed by atoms with Crippen LogP contribution in [0.1, 0.15) is 23.2 Å². The zero-order chi connectivity index (χ0) is 19.7. The largest absolute Gasteiger partial charge is 0.366 e. The number of hydrogen-bond donors (Lipinski definition) is 1. The summed E-state index contributed by atoms with van der Waals surface area (Å²) in [6, 6.07) is 12.7. The van der Waals surface area contributed by atoms with E-state index in [4.69, 9.17) is 0 Å². The lowest BCUT2D eigenvalue weighted by atomic mass is 10.1. The molecule has 0 atom stereocenters. The first-order valence-corrected chi connectivity index (χ1v) is 10.8. The predicted octanol–water partition coefficient (Wildman–Crippen LogP) is 2.23. The van der Waals surface area contributed by atoms with Crippen molar-refractivity contribution in [1.82, 2.24) is 9.62 Å². The fraction of sp³-hybridized carbons (Fsp3) is 0.350. The molecule has 148 valence electrons. The van der Waals surface area contributed by atoms with Crippen molar-refractivity contribution in [1.29, 1.82) is 0 Å². The first kappa shape index (κ1) is 18.9. The fourth-order valence-corrected chi connectivity index (χ4v) is 4.61. The number of piperazine rings is 1. The molecule has 1 aliphatic heterocycles. The van der Waals surface area contributed by atoms with Gasteiger partial charge in [-0.05, 0) is 49.2 Å². The highest BCUT2D eigenvalue weighted by atomic mass is 32.2. The van der Waals surface area contributed by atoms with Gasteiger partial charge in [-0.1, -0.05) is 12.1 Å². The summed E-state index contributed by atoms with van der Waals surface area (Å²) in [7, 11) is -3.52. The van der Waals surface area contributed by atoms with Crippen molar-refractivity contribution in [2.45, 2.75) is 23.8 Å². The van der Waals surface area contributed by atoms with Crippen LogP contribution >= 0.6 is 0 Å². The molecule has 1 amide bonds. The zero-order valence-electron chi connectivity index (χ0n) is 15.3. The van der Waals surface area contributed by atoms with E-state index in [-0.39, 0.29) is 22.7 Å². The highest BCUT2D eigenvalue weighted by Gasteiger charge is 2.28. The van der Waals surface area contributed by atoms with Gasteiger partial charge in [0.05, 0.1) is 10.6 Å². The highest BCUT2D eigenvalue weighted by Crippen LogP contribution is 2.23. The van der Waals surface area contributed by atoms with Crippen molar-refractivity contribution >= 4 is 21.6 Å². The molecule has 4 rings (SSSR count). The molecule has 0 aromatic heterocycles. The lowest BCUT2D eigenvalue weighted by Gasteiger charge is -2.36. The van der Waals surface area contributed by atoms with Crippen molar-refractivity contribution in [2.24, 2.45) is 0 Å². The molecule has 1 N–H and O–H groups in total. The first-order chi connectivity index (χ1) is 13.4. The van der Waals surface area contributed by atoms with E-state index in [9.17, 15) is 17.6 Å². The van der Waals surface area contributed by atoms with Crippen molar-refractivity contribution in [3.63, 3.8) is 0 Å². The third-order valence-corrected chi connectivity index (χ3v) is 6.61. The van der Waals surface area contributed by atoms with E-state index in [1.807, 2.05) is 4.90 Å². The van der Waals surface area contributed by atoms with Gasteiger partial charge in [0, 0.05) is 37.8 Å². The van der Waals surface area contributed by atoms with Gasteiger partial charge >= 0.3 is 0 Å². The number of carbonyl (C=O) groups is 1. The number of anilines is 1. The van der Waals surface area contributed by atoms with Crippen molar-refractivity contribution in [2.75, 3.05) is 31.1 Å². The molecule has 2 fully saturated rings. The van der Waals surface area contributed by atoms with Crippen LogP contribution in [0, 0.1) is 5.82 Å². The summed E-state index contributed by atoms with van der Waals surface area (Å²) in [6.07, 6.45) is 1.74. The van der Waals surface area contributed by atoms with Gasteiger partial charge in [0.25, 0.3) is 5.91 Å². The van der Waals surface area contributed by atoms with Gasteiger partial charge in [0.2, 0.25) is 10.0 Å². The smallest absolute Gasteiger partial charge is 0.253 e. The van der Waals surface area contributed by atoms with E-state index < -0.39 is 10.0 Å². The van der Waals surface area contributed by atoms with E-state index in [0.717, 1.165) is 12.8 Å². The quantitative estimate of drug-likeness (QED) is 0.831. The normalized spacial score (nSPS) is 17.6. The second kappa shape index (κ2) is 7.52. The molecule has 0 radical (unpaired) electrons. The molecule has 28 heavy (non-hydrogen) atoms. The standard InChI is InChI=1S/C20H22FN3O3S/c21-18-3-1-2-4-19(18)23-11-13-24(14-12-23)20(25)15-5-9-17(10-6-15)28(26,27)22-16-7-8-16/h1-6,9-10,16,22H,7-8,11-14H2. The molecule has 1 aliphatic carbocycles. The molecular formula is C20H22FN3O3S. The van der Waals surface area contributed by atoms with Crippen LogP contribution in [-0.4, -0.2) is 51.4 Å². The number of para-hydroxylation sites is 1. The van der Waals surface area contributed by atoms with E-state index in [2.05, 4.69) is 4.72 Å². The Morgan fingerprint density at radius 1 is 0.964 bits per heavy atom. The Labute approximate surface area is 164 Å². The average molecular weight is 403 g/mol. The van der Waals surface area contributed by atoms with Gasteiger partial charge in [-0.3, -0.25) is 4.79 Å². The minimum absolute atomic E-state index is 0.0389. The maximum Gasteiger partial charge on any atom is 0.253 e. The second-order valence-corrected chi connectivity index (χ2v) is 8.86. The molecule has 1 saturated heterocycles. The van der Waals surface area contributed by atoms with Crippen LogP contribution in [-0.2, 0) is 10.0 Å². The highest BCUT2D eigenvalue weighted by molar-refractivity contribution is 7.89. The molecule has 8 heteroatoms. The Bertz CT molecular complexity index is 966. The Balaban J connectivity index is 1.39. The van der Waals surface area contributed by atoms with Crippen LogP contribution in [0.4, 0.5) is 10.1 Å². The third kappa shape index (κ3) is 4.02. The fourth-order valence-electron chi connectivity index (χ4n) is 3.31. The summed E-state index contributed by atoms with van der Waals surface area (Å²) >= 11 is 0. The topological polar surface area (TPSA) is 69.7 Å². The van der Waals surface area contributed by atoms with Gasteiger partial charge in [-0.2, -0.15) is 0 Å². The van der Waals surface area contributed by atoms with E-state index in [1.54, 1.807) is 35.2 Å². The first-order valence-electron chi connectivity index (χ1n) is 9.35. The summed E-state index contributed by atoms with van der Waals surface area (Å²) in [5, 5.41) is 0. The number of rotatable bonds is 5. The summed E-state index contributed by atoms with van der Waals surface area (Å²) < 4.78 is 41.0. The van der Waals surface area contributed by atoms with E-state index >= 15 is 0 Å². The monoisotopic (exact) mass is 403 g/mol. The van der Waals surface area contributed by atoms with Gasteiger partial charge in [-0.25, -0.2) is 17.5 Å². The minimum atomic E-state index is -3.52. The van der Waals surface area contributed by atoms with Gasteiger partial charge < -0.3 is 9.80 Å². The van der Waals surface area contributed by atoms with Crippen LogP contribution in [0.5, 0.6) is 0 Å². The summed E-state index contributed by atoms with van der Waals surface area (Å²) in [4.78, 5) is 16.5.